The third-order valence-corrected chi connectivity index (χ3v) is 7.45. The number of aromatic nitrogens is 2. The number of halogens is 2. The van der Waals surface area contributed by atoms with Crippen molar-refractivity contribution in [3.63, 3.8) is 0 Å². The van der Waals surface area contributed by atoms with Crippen LogP contribution in [0.4, 0.5) is 11.5 Å². The average Bonchev–Trinajstić information content (AvgIpc) is 3.34. The summed E-state index contributed by atoms with van der Waals surface area (Å²) in [5.74, 6) is -2.03. The van der Waals surface area contributed by atoms with Crippen LogP contribution >= 0.6 is 34.9 Å². The lowest BCUT2D eigenvalue weighted by Gasteiger charge is -2.23. The molecule has 0 bridgehead atoms. The van der Waals surface area contributed by atoms with Crippen molar-refractivity contribution in [2.75, 3.05) is 4.31 Å². The zero-order valence-electron chi connectivity index (χ0n) is 19.5. The summed E-state index contributed by atoms with van der Waals surface area (Å²) in [5.41, 5.74) is 1.73. The van der Waals surface area contributed by atoms with Crippen LogP contribution in [-0.4, -0.2) is 40.5 Å². The highest BCUT2D eigenvalue weighted by Gasteiger charge is 2.30. The molecule has 9 nitrogen and oxygen atoms in total. The largest absolute Gasteiger partial charge is 0.480 e. The maximum absolute atomic E-state index is 13.4. The summed E-state index contributed by atoms with van der Waals surface area (Å²) in [7, 11) is 0. The predicted octanol–water partition coefficient (Wildman–Crippen LogP) is 5.14. The third kappa shape index (κ3) is 6.55. The molecule has 0 saturated carbocycles. The summed E-state index contributed by atoms with van der Waals surface area (Å²) < 4.78 is 32.3. The first kappa shape index (κ1) is 27.7. The highest BCUT2D eigenvalue weighted by molar-refractivity contribution is 7.81. The summed E-state index contributed by atoms with van der Waals surface area (Å²) in [6, 6.07) is 19.3. The van der Waals surface area contributed by atoms with Gasteiger partial charge in [0.05, 0.1) is 33.0 Å². The maximum atomic E-state index is 13.4. The lowest BCUT2D eigenvalue weighted by atomic mass is 10.0. The Balaban J connectivity index is 1.72. The van der Waals surface area contributed by atoms with Gasteiger partial charge in [-0.1, -0.05) is 83.9 Å². The molecule has 4 aromatic rings. The minimum absolute atomic E-state index is 0.0000787. The van der Waals surface area contributed by atoms with Gasteiger partial charge in [0.15, 0.2) is 5.82 Å². The van der Waals surface area contributed by atoms with Crippen LogP contribution in [0.15, 0.2) is 72.8 Å². The fourth-order valence-electron chi connectivity index (χ4n) is 3.70. The first-order valence-electron chi connectivity index (χ1n) is 11.1. The number of carbonyl (C=O) groups is 2. The van der Waals surface area contributed by atoms with Gasteiger partial charge >= 0.3 is 5.97 Å². The number of carboxylic acids is 1. The monoisotopic (exact) mass is 590 g/mol. The van der Waals surface area contributed by atoms with Gasteiger partial charge in [-0.3, -0.25) is 9.35 Å². The van der Waals surface area contributed by atoms with E-state index in [9.17, 15) is 23.5 Å². The number of hydrogen-bond acceptors (Lipinski definition) is 6. The molecular weight excluding hydrogens is 571 g/mol. The van der Waals surface area contributed by atoms with Crippen LogP contribution in [0.1, 0.15) is 27.2 Å². The molecule has 1 aromatic heterocycles. The molecule has 3 N–H and O–H groups in total. The van der Waals surface area contributed by atoms with Crippen molar-refractivity contribution in [2.45, 2.75) is 18.9 Å². The molecule has 0 fully saturated rings. The number of aliphatic carboxylic acids is 1. The standard InChI is InChI=1S/C25H20Cl2N4O5S2/c26-18-13-17(24(32)28-21(25(33)34)12-16-9-5-2-6-10-16)22(14-19(18)27)31(38(35)36)23-20(29-37-30-23)11-15-7-3-1-4-8-15/h1-10,13-14,21H,11-12H2,(H,28,32)(H,33,34)(H,35,36). The summed E-state index contributed by atoms with van der Waals surface area (Å²) in [4.78, 5) is 25.3. The Bertz CT molecular complexity index is 1470. The van der Waals surface area contributed by atoms with Gasteiger partial charge in [0.2, 0.25) is 0 Å². The van der Waals surface area contributed by atoms with E-state index in [1.54, 1.807) is 30.3 Å². The second kappa shape index (κ2) is 12.5. The van der Waals surface area contributed by atoms with Crippen molar-refractivity contribution in [1.82, 2.24) is 14.1 Å². The van der Waals surface area contributed by atoms with Gasteiger partial charge in [0, 0.05) is 12.8 Å². The van der Waals surface area contributed by atoms with Crippen LogP contribution in [0.3, 0.4) is 0 Å². The molecule has 0 aliphatic carbocycles. The molecule has 2 atom stereocenters. The van der Waals surface area contributed by atoms with Gasteiger partial charge in [-0.25, -0.2) is 13.3 Å². The number of carboxylic acid groups (broad SMARTS) is 1. The maximum Gasteiger partial charge on any atom is 0.326 e. The highest BCUT2D eigenvalue weighted by Crippen LogP contribution is 2.37. The smallest absolute Gasteiger partial charge is 0.326 e. The molecule has 0 spiro atoms. The van der Waals surface area contributed by atoms with E-state index >= 15 is 0 Å². The summed E-state index contributed by atoms with van der Waals surface area (Å²) >= 11 is 10.6. The molecule has 3 aromatic carbocycles. The van der Waals surface area contributed by atoms with Gasteiger partial charge in [0.1, 0.15) is 11.7 Å². The molecule has 0 saturated heterocycles. The van der Waals surface area contributed by atoms with E-state index in [1.807, 2.05) is 30.3 Å². The van der Waals surface area contributed by atoms with Crippen LogP contribution in [0.5, 0.6) is 0 Å². The number of benzene rings is 3. The molecule has 13 heteroatoms. The van der Waals surface area contributed by atoms with Crippen LogP contribution in [0.2, 0.25) is 10.0 Å². The number of hydrogen-bond donors (Lipinski definition) is 3. The topological polar surface area (TPSA) is 133 Å². The van der Waals surface area contributed by atoms with Crippen LogP contribution in [-0.2, 0) is 28.9 Å². The molecule has 0 aliphatic heterocycles. The molecule has 1 amide bonds. The fraction of sp³-hybridized carbons (Fsp3) is 0.120. The van der Waals surface area contributed by atoms with Gasteiger partial charge in [-0.05, 0) is 23.3 Å². The van der Waals surface area contributed by atoms with Gasteiger partial charge in [-0.2, -0.15) is 8.75 Å². The van der Waals surface area contributed by atoms with Crippen molar-refractivity contribution in [2.24, 2.45) is 0 Å². The predicted molar refractivity (Wildman–Crippen MR) is 148 cm³/mol. The van der Waals surface area contributed by atoms with Crippen LogP contribution in [0.25, 0.3) is 0 Å². The van der Waals surface area contributed by atoms with Crippen LogP contribution < -0.4 is 9.62 Å². The normalized spacial score (nSPS) is 12.5. The van der Waals surface area contributed by atoms with Gasteiger partial charge < -0.3 is 10.4 Å². The molecule has 196 valence electrons. The second-order valence-corrected chi connectivity index (χ2v) is 10.2. The zero-order chi connectivity index (χ0) is 27.2. The van der Waals surface area contributed by atoms with Crippen molar-refractivity contribution in [1.29, 1.82) is 0 Å². The van der Waals surface area contributed by atoms with Crippen molar-refractivity contribution >= 4 is 69.6 Å². The molecular formula is C25H20Cl2N4O5S2. The Morgan fingerprint density at radius 3 is 2.18 bits per heavy atom. The minimum atomic E-state index is -2.71. The number of nitrogens with one attached hydrogen (secondary N) is 1. The zero-order valence-corrected chi connectivity index (χ0v) is 22.6. The lowest BCUT2D eigenvalue weighted by Crippen LogP contribution is -2.42. The number of nitrogens with zero attached hydrogens (tertiary/aromatic N) is 3. The fourth-order valence-corrected chi connectivity index (χ4v) is 5.24. The number of carbonyl (C=O) groups excluding carboxylic acids is 1. The molecule has 2 unspecified atom stereocenters. The van der Waals surface area contributed by atoms with Crippen molar-refractivity contribution < 1.29 is 23.5 Å². The number of anilines is 2. The first-order chi connectivity index (χ1) is 18.2. The Kier molecular flexibility index (Phi) is 9.08. The van der Waals surface area contributed by atoms with Crippen LogP contribution in [0, 0.1) is 0 Å². The Labute approximate surface area is 234 Å². The Morgan fingerprint density at radius 1 is 0.974 bits per heavy atom. The molecule has 38 heavy (non-hydrogen) atoms. The highest BCUT2D eigenvalue weighted by atomic mass is 35.5. The minimum Gasteiger partial charge on any atom is -0.480 e. The van der Waals surface area contributed by atoms with Gasteiger partial charge in [-0.15, -0.1) is 0 Å². The molecule has 4 rings (SSSR count). The van der Waals surface area contributed by atoms with E-state index < -0.39 is 29.2 Å². The lowest BCUT2D eigenvalue weighted by molar-refractivity contribution is -0.139. The SMILES string of the molecule is O=C(NC(Cc1ccccc1)C(=O)O)c1cc(Cl)c(Cl)cc1N(c1nsnc1Cc1ccccc1)S(=O)O. The van der Waals surface area contributed by atoms with E-state index in [4.69, 9.17) is 23.2 Å². The summed E-state index contributed by atoms with van der Waals surface area (Å²) in [6.07, 6.45) is 0.326. The molecule has 0 aliphatic rings. The van der Waals surface area contributed by atoms with E-state index in [0.29, 0.717) is 17.7 Å². The molecule has 1 heterocycles. The van der Waals surface area contributed by atoms with E-state index in [1.165, 1.54) is 12.1 Å². The van der Waals surface area contributed by atoms with E-state index in [-0.39, 0.29) is 33.5 Å². The Hall–Kier alpha value is -3.35. The van der Waals surface area contributed by atoms with Crippen molar-refractivity contribution in [3.05, 3.63) is 105 Å². The van der Waals surface area contributed by atoms with E-state index in [2.05, 4.69) is 14.1 Å². The first-order valence-corrected chi connectivity index (χ1v) is 13.6. The number of rotatable bonds is 10. The third-order valence-electron chi connectivity index (χ3n) is 5.49. The quantitative estimate of drug-likeness (QED) is 0.218. The Morgan fingerprint density at radius 2 is 1.58 bits per heavy atom. The van der Waals surface area contributed by atoms with Gasteiger partial charge in [0.25, 0.3) is 17.2 Å². The summed E-state index contributed by atoms with van der Waals surface area (Å²) in [6.45, 7) is 0. The number of amides is 1. The average molecular weight is 591 g/mol. The second-order valence-electron chi connectivity index (χ2n) is 8.06. The van der Waals surface area contributed by atoms with E-state index in [0.717, 1.165) is 21.6 Å². The summed E-state index contributed by atoms with van der Waals surface area (Å²) in [5, 5.41) is 12.2. The van der Waals surface area contributed by atoms with Crippen molar-refractivity contribution in [3.8, 4) is 0 Å². The molecule has 0 radical (unpaired) electrons.